The van der Waals surface area contributed by atoms with Gasteiger partial charge in [0.25, 0.3) is 5.91 Å². The Morgan fingerprint density at radius 1 is 1.10 bits per heavy atom. The van der Waals surface area contributed by atoms with E-state index < -0.39 is 0 Å². The van der Waals surface area contributed by atoms with Crippen molar-refractivity contribution in [2.24, 2.45) is 11.8 Å². The Morgan fingerprint density at radius 3 is 2.48 bits per heavy atom. The highest BCUT2D eigenvalue weighted by Gasteiger charge is 2.25. The Hall–Kier alpha value is -3.15. The van der Waals surface area contributed by atoms with E-state index in [1.54, 1.807) is 12.1 Å². The highest BCUT2D eigenvalue weighted by Crippen LogP contribution is 2.29. The summed E-state index contributed by atoms with van der Waals surface area (Å²) in [5.74, 6) is 0.0736. The number of aromatic nitrogens is 1. The number of carbonyl (C=O) groups is 2. The number of benzene rings is 2. The third-order valence-electron chi connectivity index (χ3n) is 5.80. The van der Waals surface area contributed by atoms with Crippen LogP contribution in [0.3, 0.4) is 0 Å². The van der Waals surface area contributed by atoms with Crippen LogP contribution in [0.5, 0.6) is 0 Å². The second-order valence-electron chi connectivity index (χ2n) is 8.74. The monoisotopic (exact) mass is 421 g/mol. The molecule has 0 aliphatic heterocycles. The molecule has 1 heterocycles. The van der Waals surface area contributed by atoms with Gasteiger partial charge in [-0.25, -0.2) is 4.39 Å². The largest absolute Gasteiger partial charge is 0.351 e. The summed E-state index contributed by atoms with van der Waals surface area (Å²) in [6.07, 6.45) is 3.00. The van der Waals surface area contributed by atoms with Crippen LogP contribution in [0, 0.1) is 17.7 Å². The van der Waals surface area contributed by atoms with Gasteiger partial charge in [-0.1, -0.05) is 32.4 Å². The van der Waals surface area contributed by atoms with Crippen molar-refractivity contribution in [1.82, 2.24) is 9.88 Å². The van der Waals surface area contributed by atoms with Crippen LogP contribution in [-0.4, -0.2) is 22.9 Å². The number of carbonyl (C=O) groups excluding carboxylic acids is 2. The molecule has 1 aliphatic carbocycles. The lowest BCUT2D eigenvalue weighted by Gasteiger charge is -2.24. The number of halogens is 1. The number of amides is 2. The number of rotatable bonds is 7. The maximum Gasteiger partial charge on any atom is 0.267 e. The molecule has 4 rings (SSSR count). The molecule has 0 radical (unpaired) electrons. The lowest BCUT2D eigenvalue weighted by Crippen LogP contribution is -2.29. The van der Waals surface area contributed by atoms with E-state index in [0.717, 1.165) is 41.4 Å². The van der Waals surface area contributed by atoms with Crippen LogP contribution in [0.1, 0.15) is 49.2 Å². The maximum atomic E-state index is 13.3. The molecular weight excluding hydrogens is 393 g/mol. The molecule has 1 aliphatic rings. The van der Waals surface area contributed by atoms with Crippen LogP contribution in [0.2, 0.25) is 0 Å². The molecule has 0 bridgehead atoms. The predicted molar refractivity (Wildman–Crippen MR) is 121 cm³/mol. The van der Waals surface area contributed by atoms with E-state index in [1.807, 2.05) is 42.7 Å². The molecule has 2 amide bonds. The van der Waals surface area contributed by atoms with E-state index in [0.29, 0.717) is 24.7 Å². The van der Waals surface area contributed by atoms with E-state index in [2.05, 4.69) is 10.6 Å². The highest BCUT2D eigenvalue weighted by atomic mass is 19.1. The molecule has 0 atom stereocenters. The lowest BCUT2D eigenvalue weighted by atomic mass is 9.85. The Morgan fingerprint density at radius 2 is 1.84 bits per heavy atom. The molecule has 6 heteroatoms. The Balaban J connectivity index is 1.66. The fourth-order valence-electron chi connectivity index (χ4n) is 3.78. The average molecular weight is 422 g/mol. The van der Waals surface area contributed by atoms with Gasteiger partial charge in [0, 0.05) is 35.6 Å². The van der Waals surface area contributed by atoms with Crippen molar-refractivity contribution in [3.05, 3.63) is 65.6 Å². The average Bonchev–Trinajstić information content (AvgIpc) is 3.04. The van der Waals surface area contributed by atoms with E-state index in [4.69, 9.17) is 0 Å². The SMILES string of the molecule is CC(C)CNC(=O)c1cc2cc(NC(=O)C3CCC3)ccc2n1Cc1ccc(F)cc1. The molecule has 0 unspecified atom stereocenters. The molecule has 31 heavy (non-hydrogen) atoms. The Bertz CT molecular complexity index is 1100. The van der Waals surface area contributed by atoms with E-state index in [9.17, 15) is 14.0 Å². The summed E-state index contributed by atoms with van der Waals surface area (Å²) in [7, 11) is 0. The summed E-state index contributed by atoms with van der Waals surface area (Å²) in [4.78, 5) is 25.2. The van der Waals surface area contributed by atoms with Crippen molar-refractivity contribution in [2.75, 3.05) is 11.9 Å². The molecule has 0 saturated heterocycles. The smallest absolute Gasteiger partial charge is 0.267 e. The number of hydrogen-bond donors (Lipinski definition) is 2. The fraction of sp³-hybridized carbons (Fsp3) is 0.360. The van der Waals surface area contributed by atoms with Gasteiger partial charge in [-0.15, -0.1) is 0 Å². The van der Waals surface area contributed by atoms with Crippen molar-refractivity contribution < 1.29 is 14.0 Å². The number of fused-ring (bicyclic) bond motifs is 1. The highest BCUT2D eigenvalue weighted by molar-refractivity contribution is 6.01. The molecule has 1 aromatic heterocycles. The van der Waals surface area contributed by atoms with Crippen LogP contribution >= 0.6 is 0 Å². The topological polar surface area (TPSA) is 63.1 Å². The number of hydrogen-bond acceptors (Lipinski definition) is 2. The van der Waals surface area contributed by atoms with Gasteiger partial charge in [-0.2, -0.15) is 0 Å². The zero-order chi connectivity index (χ0) is 22.0. The van der Waals surface area contributed by atoms with Crippen LogP contribution in [-0.2, 0) is 11.3 Å². The van der Waals surface area contributed by atoms with Crippen molar-refractivity contribution in [2.45, 2.75) is 39.7 Å². The zero-order valence-electron chi connectivity index (χ0n) is 18.0. The first-order chi connectivity index (χ1) is 14.9. The lowest BCUT2D eigenvalue weighted by molar-refractivity contribution is -0.122. The second-order valence-corrected chi connectivity index (χ2v) is 8.74. The first-order valence-corrected chi connectivity index (χ1v) is 10.9. The van der Waals surface area contributed by atoms with Crippen molar-refractivity contribution >= 4 is 28.4 Å². The number of anilines is 1. The van der Waals surface area contributed by atoms with Gasteiger partial charge in [-0.3, -0.25) is 9.59 Å². The number of nitrogens with one attached hydrogen (secondary N) is 2. The van der Waals surface area contributed by atoms with Gasteiger partial charge in [0.2, 0.25) is 5.91 Å². The van der Waals surface area contributed by atoms with Crippen molar-refractivity contribution in [3.63, 3.8) is 0 Å². The molecule has 5 nitrogen and oxygen atoms in total. The molecule has 3 aromatic rings. The summed E-state index contributed by atoms with van der Waals surface area (Å²) in [6, 6.07) is 13.9. The van der Waals surface area contributed by atoms with Crippen LogP contribution in [0.4, 0.5) is 10.1 Å². The van der Waals surface area contributed by atoms with Crippen molar-refractivity contribution in [1.29, 1.82) is 0 Å². The van der Waals surface area contributed by atoms with E-state index >= 15 is 0 Å². The quantitative estimate of drug-likeness (QED) is 0.567. The van der Waals surface area contributed by atoms with Gasteiger partial charge in [0.05, 0.1) is 0 Å². The standard InChI is InChI=1S/C25H28FN3O2/c1-16(2)14-27-25(31)23-13-19-12-21(28-24(30)18-4-3-5-18)10-11-22(19)29(23)15-17-6-8-20(26)9-7-17/h6-13,16,18H,3-5,14-15H2,1-2H3,(H,27,31)(H,28,30). The van der Waals surface area contributed by atoms with Gasteiger partial charge < -0.3 is 15.2 Å². The molecule has 2 aromatic carbocycles. The Labute approximate surface area is 181 Å². The summed E-state index contributed by atoms with van der Waals surface area (Å²) in [6.45, 7) is 5.12. The van der Waals surface area contributed by atoms with Crippen LogP contribution in [0.15, 0.2) is 48.5 Å². The summed E-state index contributed by atoms with van der Waals surface area (Å²) in [5, 5.41) is 6.86. The van der Waals surface area contributed by atoms with Gasteiger partial charge in [0.15, 0.2) is 0 Å². The predicted octanol–water partition coefficient (Wildman–Crippen LogP) is 4.95. The van der Waals surface area contributed by atoms with Gasteiger partial charge in [0.1, 0.15) is 11.5 Å². The molecule has 2 N–H and O–H groups in total. The molecule has 0 spiro atoms. The second kappa shape index (κ2) is 8.92. The number of nitrogens with zero attached hydrogens (tertiary/aromatic N) is 1. The van der Waals surface area contributed by atoms with Crippen LogP contribution in [0.25, 0.3) is 10.9 Å². The Kier molecular flexibility index (Phi) is 6.07. The summed E-state index contributed by atoms with van der Waals surface area (Å²) < 4.78 is 15.3. The van der Waals surface area contributed by atoms with E-state index in [1.165, 1.54) is 12.1 Å². The fourth-order valence-corrected chi connectivity index (χ4v) is 3.78. The molecule has 162 valence electrons. The minimum atomic E-state index is -0.289. The minimum Gasteiger partial charge on any atom is -0.351 e. The van der Waals surface area contributed by atoms with E-state index in [-0.39, 0.29) is 23.5 Å². The zero-order valence-corrected chi connectivity index (χ0v) is 18.0. The maximum absolute atomic E-state index is 13.3. The third-order valence-corrected chi connectivity index (χ3v) is 5.80. The third kappa shape index (κ3) is 4.79. The van der Waals surface area contributed by atoms with Gasteiger partial charge in [-0.05, 0) is 60.7 Å². The molecule has 1 fully saturated rings. The summed E-state index contributed by atoms with van der Waals surface area (Å²) in [5.41, 5.74) is 3.07. The normalized spacial score (nSPS) is 13.9. The first kappa shape index (κ1) is 21.1. The molecular formula is C25H28FN3O2. The minimum absolute atomic E-state index is 0.0613. The first-order valence-electron chi connectivity index (χ1n) is 10.9. The van der Waals surface area contributed by atoms with Gasteiger partial charge >= 0.3 is 0 Å². The van der Waals surface area contributed by atoms with Crippen molar-refractivity contribution in [3.8, 4) is 0 Å². The molecule has 1 saturated carbocycles. The summed E-state index contributed by atoms with van der Waals surface area (Å²) >= 11 is 0. The van der Waals surface area contributed by atoms with Crippen LogP contribution < -0.4 is 10.6 Å².